The number of rotatable bonds is 7. The summed E-state index contributed by atoms with van der Waals surface area (Å²) in [5.41, 5.74) is 3.88. The second-order valence-corrected chi connectivity index (χ2v) is 7.75. The van der Waals surface area contributed by atoms with Gasteiger partial charge in [-0.25, -0.2) is 4.39 Å². The van der Waals surface area contributed by atoms with Gasteiger partial charge in [0.15, 0.2) is 5.78 Å². The third-order valence-corrected chi connectivity index (χ3v) is 5.64. The van der Waals surface area contributed by atoms with Crippen molar-refractivity contribution in [1.29, 1.82) is 0 Å². The van der Waals surface area contributed by atoms with Gasteiger partial charge in [0.05, 0.1) is 5.69 Å². The smallest absolute Gasteiger partial charge is 0.226 e. The molecule has 0 radical (unpaired) electrons. The molecule has 1 heterocycles. The van der Waals surface area contributed by atoms with Crippen LogP contribution in [0.3, 0.4) is 0 Å². The fraction of sp³-hybridized carbons (Fsp3) is 0.240. The highest BCUT2D eigenvalue weighted by Gasteiger charge is 2.16. The molecule has 0 spiro atoms. The minimum absolute atomic E-state index is 0.0158. The van der Waals surface area contributed by atoms with Crippen molar-refractivity contribution in [3.05, 3.63) is 82.4 Å². The van der Waals surface area contributed by atoms with Gasteiger partial charge in [-0.05, 0) is 48.7 Å². The van der Waals surface area contributed by atoms with E-state index < -0.39 is 5.82 Å². The summed E-state index contributed by atoms with van der Waals surface area (Å²) in [6.45, 7) is 3.65. The van der Waals surface area contributed by atoms with E-state index in [9.17, 15) is 14.0 Å². The standard InChI is InChI=1S/C25H24ClFN2O2/c1-4-25(31)29(3)23-11-8-18(15-22(23)27)20-10-7-19(14-21(20)26)24(30)12-9-17-6-5-13-28-16(17)2/h5-8,10-11,13-15H,4,9,12H2,1-3H3. The minimum atomic E-state index is -0.509. The number of pyridine rings is 1. The van der Waals surface area contributed by atoms with Crippen LogP contribution < -0.4 is 4.90 Å². The zero-order chi connectivity index (χ0) is 22.5. The van der Waals surface area contributed by atoms with E-state index in [4.69, 9.17) is 11.6 Å². The van der Waals surface area contributed by atoms with Crippen LogP contribution in [-0.2, 0) is 11.2 Å². The number of aromatic nitrogens is 1. The van der Waals surface area contributed by atoms with Gasteiger partial charge in [0, 0.05) is 47.9 Å². The van der Waals surface area contributed by atoms with Gasteiger partial charge in [-0.3, -0.25) is 14.6 Å². The topological polar surface area (TPSA) is 50.3 Å². The lowest BCUT2D eigenvalue weighted by atomic mass is 9.98. The van der Waals surface area contributed by atoms with E-state index in [1.807, 2.05) is 19.1 Å². The number of carbonyl (C=O) groups excluding carboxylic acids is 2. The molecule has 0 aliphatic heterocycles. The van der Waals surface area contributed by atoms with E-state index >= 15 is 0 Å². The zero-order valence-electron chi connectivity index (χ0n) is 17.8. The molecule has 0 aliphatic rings. The Kier molecular flexibility index (Phi) is 7.18. The Balaban J connectivity index is 1.77. The number of carbonyl (C=O) groups is 2. The maximum Gasteiger partial charge on any atom is 0.226 e. The Bertz CT molecular complexity index is 1130. The van der Waals surface area contributed by atoms with E-state index in [2.05, 4.69) is 4.98 Å². The Morgan fingerprint density at radius 3 is 2.55 bits per heavy atom. The SMILES string of the molecule is CCC(=O)N(C)c1ccc(-c2ccc(C(=O)CCc3cccnc3C)cc2Cl)cc1F. The van der Waals surface area contributed by atoms with Crippen molar-refractivity contribution < 1.29 is 14.0 Å². The molecular weight excluding hydrogens is 415 g/mol. The molecule has 1 amide bonds. The summed E-state index contributed by atoms with van der Waals surface area (Å²) < 4.78 is 14.6. The highest BCUT2D eigenvalue weighted by molar-refractivity contribution is 6.33. The van der Waals surface area contributed by atoms with Crippen LogP contribution in [0.25, 0.3) is 11.1 Å². The number of benzene rings is 2. The molecule has 1 aromatic heterocycles. The number of hydrogen-bond donors (Lipinski definition) is 0. The second kappa shape index (κ2) is 9.84. The maximum absolute atomic E-state index is 14.6. The van der Waals surface area contributed by atoms with Crippen LogP contribution in [0.15, 0.2) is 54.7 Å². The first kappa shape index (κ1) is 22.6. The van der Waals surface area contributed by atoms with E-state index in [0.29, 0.717) is 41.0 Å². The van der Waals surface area contributed by atoms with Crippen molar-refractivity contribution in [2.45, 2.75) is 33.1 Å². The van der Waals surface area contributed by atoms with Crippen LogP contribution in [-0.4, -0.2) is 23.7 Å². The number of ketones is 1. The predicted molar refractivity (Wildman–Crippen MR) is 122 cm³/mol. The molecule has 0 atom stereocenters. The number of aryl methyl sites for hydroxylation is 2. The summed E-state index contributed by atoms with van der Waals surface area (Å²) in [6, 6.07) is 13.5. The molecule has 0 fully saturated rings. The largest absolute Gasteiger partial charge is 0.313 e. The van der Waals surface area contributed by atoms with Crippen molar-refractivity contribution in [3.8, 4) is 11.1 Å². The molecule has 6 heteroatoms. The third kappa shape index (κ3) is 5.17. The number of Topliss-reactive ketones (excluding diaryl/α,β-unsaturated/α-hetero) is 1. The molecule has 0 saturated carbocycles. The maximum atomic E-state index is 14.6. The van der Waals surface area contributed by atoms with E-state index in [0.717, 1.165) is 11.3 Å². The Morgan fingerprint density at radius 1 is 1.13 bits per heavy atom. The highest BCUT2D eigenvalue weighted by Crippen LogP contribution is 2.32. The predicted octanol–water partition coefficient (Wildman–Crippen LogP) is 6.04. The molecule has 2 aromatic carbocycles. The average Bonchev–Trinajstić information content (AvgIpc) is 2.77. The summed E-state index contributed by atoms with van der Waals surface area (Å²) in [4.78, 5) is 30.0. The number of hydrogen-bond acceptors (Lipinski definition) is 3. The van der Waals surface area contributed by atoms with Crippen LogP contribution in [0.2, 0.25) is 5.02 Å². The molecule has 0 saturated heterocycles. The lowest BCUT2D eigenvalue weighted by Crippen LogP contribution is -2.25. The second-order valence-electron chi connectivity index (χ2n) is 7.34. The summed E-state index contributed by atoms with van der Waals surface area (Å²) in [6.07, 6.45) is 2.98. The number of amides is 1. The van der Waals surface area contributed by atoms with Crippen LogP contribution in [0.5, 0.6) is 0 Å². The highest BCUT2D eigenvalue weighted by atomic mass is 35.5. The Morgan fingerprint density at radius 2 is 1.90 bits per heavy atom. The molecular formula is C25H24ClFN2O2. The first-order chi connectivity index (χ1) is 14.8. The Labute approximate surface area is 186 Å². The first-order valence-electron chi connectivity index (χ1n) is 10.1. The molecule has 0 aliphatic carbocycles. The molecule has 3 rings (SSSR count). The van der Waals surface area contributed by atoms with Crippen LogP contribution in [0.4, 0.5) is 10.1 Å². The molecule has 31 heavy (non-hydrogen) atoms. The molecule has 0 bridgehead atoms. The van der Waals surface area contributed by atoms with Crippen molar-refractivity contribution in [2.75, 3.05) is 11.9 Å². The van der Waals surface area contributed by atoms with Gasteiger partial charge in [-0.15, -0.1) is 0 Å². The van der Waals surface area contributed by atoms with Crippen molar-refractivity contribution in [3.63, 3.8) is 0 Å². The van der Waals surface area contributed by atoms with Gasteiger partial charge in [0.25, 0.3) is 0 Å². The number of nitrogens with zero attached hydrogens (tertiary/aromatic N) is 2. The number of halogens is 2. The monoisotopic (exact) mass is 438 g/mol. The van der Waals surface area contributed by atoms with E-state index in [1.54, 1.807) is 50.5 Å². The number of anilines is 1. The fourth-order valence-electron chi connectivity index (χ4n) is 3.41. The van der Waals surface area contributed by atoms with Gasteiger partial charge in [0.2, 0.25) is 5.91 Å². The quantitative estimate of drug-likeness (QED) is 0.422. The summed E-state index contributed by atoms with van der Waals surface area (Å²) in [5.74, 6) is -0.697. The van der Waals surface area contributed by atoms with Crippen LogP contribution in [0.1, 0.15) is 41.4 Å². The lowest BCUT2D eigenvalue weighted by molar-refractivity contribution is -0.118. The first-order valence-corrected chi connectivity index (χ1v) is 10.5. The minimum Gasteiger partial charge on any atom is -0.313 e. The lowest BCUT2D eigenvalue weighted by Gasteiger charge is -2.18. The molecule has 4 nitrogen and oxygen atoms in total. The van der Waals surface area contributed by atoms with Gasteiger partial charge >= 0.3 is 0 Å². The van der Waals surface area contributed by atoms with Crippen LogP contribution >= 0.6 is 11.6 Å². The molecule has 160 valence electrons. The summed E-state index contributed by atoms with van der Waals surface area (Å²) in [7, 11) is 1.55. The average molecular weight is 439 g/mol. The third-order valence-electron chi connectivity index (χ3n) is 5.33. The van der Waals surface area contributed by atoms with Gasteiger partial charge in [0.1, 0.15) is 5.82 Å². The molecule has 0 N–H and O–H groups in total. The van der Waals surface area contributed by atoms with Gasteiger partial charge in [-0.1, -0.05) is 42.8 Å². The summed E-state index contributed by atoms with van der Waals surface area (Å²) >= 11 is 6.43. The Hall–Kier alpha value is -3.05. The van der Waals surface area contributed by atoms with Crippen LogP contribution in [0, 0.1) is 12.7 Å². The molecule has 0 unspecified atom stereocenters. The van der Waals surface area contributed by atoms with Crippen molar-refractivity contribution in [1.82, 2.24) is 4.98 Å². The van der Waals surface area contributed by atoms with Gasteiger partial charge < -0.3 is 4.90 Å². The zero-order valence-corrected chi connectivity index (χ0v) is 18.5. The van der Waals surface area contributed by atoms with E-state index in [1.165, 1.54) is 11.0 Å². The van der Waals surface area contributed by atoms with E-state index in [-0.39, 0.29) is 17.4 Å². The fourth-order valence-corrected chi connectivity index (χ4v) is 3.70. The molecule has 3 aromatic rings. The van der Waals surface area contributed by atoms with Crippen molar-refractivity contribution >= 4 is 29.0 Å². The normalized spacial score (nSPS) is 10.7. The summed E-state index contributed by atoms with van der Waals surface area (Å²) in [5, 5.41) is 0.369. The van der Waals surface area contributed by atoms with Crippen molar-refractivity contribution in [2.24, 2.45) is 0 Å². The van der Waals surface area contributed by atoms with Gasteiger partial charge in [-0.2, -0.15) is 0 Å².